The molecule has 2 aliphatic rings. The Balaban J connectivity index is 2.32. The fourth-order valence-corrected chi connectivity index (χ4v) is 3.09. The van der Waals surface area contributed by atoms with Crippen molar-refractivity contribution in [2.24, 2.45) is 0 Å². The van der Waals surface area contributed by atoms with Gasteiger partial charge in [-0.05, 0) is 0 Å². The summed E-state index contributed by atoms with van der Waals surface area (Å²) in [7, 11) is 0. The summed E-state index contributed by atoms with van der Waals surface area (Å²) in [6, 6.07) is 0. The van der Waals surface area contributed by atoms with E-state index in [1.54, 1.807) is 0 Å². The normalized spacial score (nSPS) is 43.4. The maximum atomic E-state index is 11.9. The number of alkyl halides is 3. The summed E-state index contributed by atoms with van der Waals surface area (Å²) in [4.78, 5) is 11.9. The predicted octanol–water partition coefficient (Wildman–Crippen LogP) is -3.47. The van der Waals surface area contributed by atoms with E-state index in [1.165, 1.54) is 0 Å². The molecule has 29 heavy (non-hydrogen) atoms. The lowest BCUT2D eigenvalue weighted by molar-refractivity contribution is -0.383. The van der Waals surface area contributed by atoms with Crippen LogP contribution in [0.15, 0.2) is 0 Å². The van der Waals surface area contributed by atoms with Crippen molar-refractivity contribution in [2.75, 3.05) is 19.8 Å². The summed E-state index contributed by atoms with van der Waals surface area (Å²) in [6.07, 6.45) is -13.7. The molecule has 12 nitrogen and oxygen atoms in total. The summed E-state index contributed by atoms with van der Waals surface area (Å²) in [5, 5.41) is 68.6. The summed E-state index contributed by atoms with van der Waals surface area (Å²) >= 11 is 16.3. The molecule has 0 saturated carbocycles. The first-order valence-corrected chi connectivity index (χ1v) is 9.39. The molecule has 0 unspecified atom stereocenters. The third-order valence-electron chi connectivity index (χ3n) is 4.51. The first-order chi connectivity index (χ1) is 13.4. The molecule has 2 aliphatic heterocycles. The molecule has 0 aromatic rings. The average molecular weight is 488 g/mol. The second-order valence-corrected chi connectivity index (χ2v) is 8.72. The van der Waals surface area contributed by atoms with Crippen LogP contribution < -0.4 is 0 Å². The summed E-state index contributed by atoms with van der Waals surface area (Å²) in [5.41, 5.74) is 0. The molecule has 170 valence electrons. The van der Waals surface area contributed by atoms with Gasteiger partial charge in [-0.1, -0.05) is 34.8 Å². The van der Waals surface area contributed by atoms with E-state index in [0.717, 1.165) is 0 Å². The van der Waals surface area contributed by atoms with Crippen LogP contribution in [0.5, 0.6) is 0 Å². The van der Waals surface area contributed by atoms with Gasteiger partial charge in [0.2, 0.25) is 5.79 Å². The SMILES string of the molecule is O=C(O[C@H]1[C@H](O)[C@@H](CO)O[C@@]1(CO)O[C@H]1O[C@H](CO)[C@@H](O)[C@H](O)[C@H]1O)C(Cl)(Cl)Cl. The minimum Gasteiger partial charge on any atom is -0.450 e. The number of hydrogen-bond acceptors (Lipinski definition) is 12. The van der Waals surface area contributed by atoms with Crippen molar-refractivity contribution >= 4 is 40.8 Å². The largest absolute Gasteiger partial charge is 0.450 e. The predicted molar refractivity (Wildman–Crippen MR) is 92.8 cm³/mol. The van der Waals surface area contributed by atoms with E-state index in [2.05, 4.69) is 0 Å². The number of carbonyl (C=O) groups excluding carboxylic acids is 1. The van der Waals surface area contributed by atoms with Gasteiger partial charge in [-0.15, -0.1) is 0 Å². The van der Waals surface area contributed by atoms with E-state index in [-0.39, 0.29) is 0 Å². The average Bonchev–Trinajstić information content (AvgIpc) is 2.93. The van der Waals surface area contributed by atoms with E-state index in [0.29, 0.717) is 0 Å². The van der Waals surface area contributed by atoms with Gasteiger partial charge < -0.3 is 54.7 Å². The zero-order valence-electron chi connectivity index (χ0n) is 14.5. The number of hydrogen-bond donors (Lipinski definition) is 7. The van der Waals surface area contributed by atoms with Crippen LogP contribution in [0, 0.1) is 0 Å². The van der Waals surface area contributed by atoms with Crippen molar-refractivity contribution in [2.45, 2.75) is 58.6 Å². The smallest absolute Gasteiger partial charge is 0.359 e. The lowest BCUT2D eigenvalue weighted by Crippen LogP contribution is -2.63. The van der Waals surface area contributed by atoms with E-state index in [1.807, 2.05) is 0 Å². The number of aliphatic hydroxyl groups excluding tert-OH is 7. The topological polar surface area (TPSA) is 196 Å². The molecule has 2 fully saturated rings. The van der Waals surface area contributed by atoms with Crippen LogP contribution in [0.2, 0.25) is 0 Å². The third-order valence-corrected chi connectivity index (χ3v) is 4.97. The second kappa shape index (κ2) is 9.61. The first-order valence-electron chi connectivity index (χ1n) is 8.25. The van der Waals surface area contributed by atoms with Crippen LogP contribution in [0.4, 0.5) is 0 Å². The molecule has 2 saturated heterocycles. The lowest BCUT2D eigenvalue weighted by Gasteiger charge is -2.43. The minimum absolute atomic E-state index is 0.772. The Morgan fingerprint density at radius 1 is 0.931 bits per heavy atom. The number of carbonyl (C=O) groups is 1. The molecule has 2 heterocycles. The Kier molecular flexibility index (Phi) is 8.35. The van der Waals surface area contributed by atoms with Crippen molar-refractivity contribution in [1.82, 2.24) is 0 Å². The molecule has 0 amide bonds. The van der Waals surface area contributed by atoms with Gasteiger partial charge >= 0.3 is 5.97 Å². The van der Waals surface area contributed by atoms with Gasteiger partial charge in [0.15, 0.2) is 12.4 Å². The molecule has 0 aliphatic carbocycles. The number of rotatable bonds is 6. The fraction of sp³-hybridized carbons (Fsp3) is 0.929. The Morgan fingerprint density at radius 2 is 1.52 bits per heavy atom. The first kappa shape index (κ1) is 25.2. The number of aliphatic hydroxyl groups is 7. The second-order valence-electron chi connectivity index (χ2n) is 6.44. The Morgan fingerprint density at radius 3 is 2.00 bits per heavy atom. The summed E-state index contributed by atoms with van der Waals surface area (Å²) in [6.45, 7) is -2.69. The Hall–Kier alpha value is -0.0600. The third kappa shape index (κ3) is 5.06. The number of esters is 1. The molecule has 15 heteroatoms. The summed E-state index contributed by atoms with van der Waals surface area (Å²) < 4.78 is 18.2. The van der Waals surface area contributed by atoms with E-state index in [9.17, 15) is 40.5 Å². The highest BCUT2D eigenvalue weighted by molar-refractivity contribution is 6.75. The summed E-state index contributed by atoms with van der Waals surface area (Å²) in [5.74, 6) is -3.91. The van der Waals surface area contributed by atoms with E-state index in [4.69, 9.17) is 53.8 Å². The quantitative estimate of drug-likeness (QED) is 0.145. The highest BCUT2D eigenvalue weighted by Gasteiger charge is 2.61. The van der Waals surface area contributed by atoms with Gasteiger partial charge in [0.05, 0.1) is 13.2 Å². The standard InChI is InChI=1S/C14H21Cl3O12/c15-14(16,17)12(25)27-10-7(22)5(2-19)28-13(10,3-20)29-11-9(24)8(23)6(21)4(1-18)26-11/h4-11,18-24H,1-3H2/t4-,5-,6-,7-,8+,9-,10+,11-,13+/m1/s1. The van der Waals surface area contributed by atoms with Crippen molar-refractivity contribution in [3.8, 4) is 0 Å². The van der Waals surface area contributed by atoms with E-state index >= 15 is 0 Å². The van der Waals surface area contributed by atoms with Gasteiger partial charge in [-0.3, -0.25) is 0 Å². The van der Waals surface area contributed by atoms with Gasteiger partial charge in [-0.2, -0.15) is 0 Å². The lowest BCUT2D eigenvalue weighted by atomic mass is 9.99. The van der Waals surface area contributed by atoms with Gasteiger partial charge in [0, 0.05) is 0 Å². The van der Waals surface area contributed by atoms with Crippen molar-refractivity contribution in [1.29, 1.82) is 0 Å². The molecule has 7 N–H and O–H groups in total. The van der Waals surface area contributed by atoms with Gasteiger partial charge in [0.25, 0.3) is 3.79 Å². The van der Waals surface area contributed by atoms with Crippen LogP contribution >= 0.6 is 34.8 Å². The van der Waals surface area contributed by atoms with Crippen molar-refractivity contribution < 1.29 is 59.5 Å². The van der Waals surface area contributed by atoms with Crippen LogP contribution in [0.25, 0.3) is 0 Å². The van der Waals surface area contributed by atoms with Crippen LogP contribution in [-0.2, 0) is 23.7 Å². The monoisotopic (exact) mass is 486 g/mol. The molecule has 0 spiro atoms. The maximum Gasteiger partial charge on any atom is 0.359 e. The molecule has 0 radical (unpaired) electrons. The highest BCUT2D eigenvalue weighted by atomic mass is 35.6. The molecular formula is C14H21Cl3O12. The number of halogens is 3. The van der Waals surface area contributed by atoms with Crippen LogP contribution in [-0.4, -0.2) is 120 Å². The van der Waals surface area contributed by atoms with Gasteiger partial charge in [0.1, 0.15) is 43.2 Å². The van der Waals surface area contributed by atoms with Crippen LogP contribution in [0.3, 0.4) is 0 Å². The zero-order valence-corrected chi connectivity index (χ0v) is 16.8. The maximum absolute atomic E-state index is 11.9. The minimum atomic E-state index is -2.57. The molecule has 0 aromatic heterocycles. The molecule has 2 rings (SSSR count). The Bertz CT molecular complexity index is 575. The van der Waals surface area contributed by atoms with E-state index < -0.39 is 84.4 Å². The molecule has 0 bridgehead atoms. The molecule has 0 aromatic carbocycles. The molecule has 9 atom stereocenters. The van der Waals surface area contributed by atoms with Gasteiger partial charge in [-0.25, -0.2) is 4.79 Å². The fourth-order valence-electron chi connectivity index (χ4n) is 2.96. The Labute approximate surface area is 179 Å². The highest BCUT2D eigenvalue weighted by Crippen LogP contribution is 2.39. The zero-order chi connectivity index (χ0) is 22.1. The van der Waals surface area contributed by atoms with Crippen molar-refractivity contribution in [3.05, 3.63) is 0 Å². The molecular weight excluding hydrogens is 467 g/mol. The van der Waals surface area contributed by atoms with Crippen LogP contribution in [0.1, 0.15) is 0 Å². The number of ether oxygens (including phenoxy) is 4. The van der Waals surface area contributed by atoms with Crippen molar-refractivity contribution in [3.63, 3.8) is 0 Å².